The lowest BCUT2D eigenvalue weighted by atomic mass is 10.2. The van der Waals surface area contributed by atoms with Gasteiger partial charge in [-0.15, -0.1) is 10.2 Å². The minimum Gasteiger partial charge on any atom is -0.497 e. The lowest BCUT2D eigenvalue weighted by Crippen LogP contribution is -2.24. The van der Waals surface area contributed by atoms with Gasteiger partial charge in [0.05, 0.1) is 45.9 Å². The van der Waals surface area contributed by atoms with E-state index in [0.717, 1.165) is 12.8 Å². The number of aromatic nitrogens is 3. The molecule has 0 saturated carbocycles. The molecule has 0 spiro atoms. The Bertz CT molecular complexity index is 1510. The zero-order valence-corrected chi connectivity index (χ0v) is 25.4. The van der Waals surface area contributed by atoms with E-state index >= 15 is 0 Å². The van der Waals surface area contributed by atoms with Crippen LogP contribution in [-0.4, -0.2) is 60.3 Å². The van der Waals surface area contributed by atoms with Crippen molar-refractivity contribution in [3.63, 3.8) is 0 Å². The summed E-state index contributed by atoms with van der Waals surface area (Å²) in [5, 5.41) is 14.9. The molecular weight excluding hydrogens is 570 g/mol. The molecule has 0 aliphatic carbocycles. The van der Waals surface area contributed by atoms with Gasteiger partial charge in [-0.1, -0.05) is 25.1 Å². The largest absolute Gasteiger partial charge is 0.497 e. The molecule has 0 saturated heterocycles. The van der Waals surface area contributed by atoms with Crippen molar-refractivity contribution < 1.29 is 28.5 Å². The van der Waals surface area contributed by atoms with Crippen molar-refractivity contribution in [2.24, 2.45) is 0 Å². The van der Waals surface area contributed by atoms with Gasteiger partial charge in [-0.25, -0.2) is 0 Å². The van der Waals surface area contributed by atoms with Crippen LogP contribution in [0.4, 0.5) is 5.69 Å². The molecule has 0 atom stereocenters. The molecule has 4 rings (SSSR count). The summed E-state index contributed by atoms with van der Waals surface area (Å²) in [6.45, 7) is 2.80. The molecule has 11 nitrogen and oxygen atoms in total. The van der Waals surface area contributed by atoms with Gasteiger partial charge >= 0.3 is 0 Å². The van der Waals surface area contributed by atoms with Crippen molar-refractivity contribution in [1.29, 1.82) is 0 Å². The van der Waals surface area contributed by atoms with Crippen molar-refractivity contribution in [2.75, 3.05) is 39.0 Å². The number of methoxy groups -OCH3 is 3. The first kappa shape index (κ1) is 31.2. The third-order valence-electron chi connectivity index (χ3n) is 6.32. The van der Waals surface area contributed by atoms with Crippen molar-refractivity contribution in [3.8, 4) is 28.7 Å². The molecular formula is C31H35N5O6S. The molecule has 0 radical (unpaired) electrons. The number of carbonyl (C=O) groups excluding carboxylic acids is 2. The van der Waals surface area contributed by atoms with Crippen LogP contribution in [0.5, 0.6) is 23.0 Å². The number of unbranched alkanes of at least 4 members (excludes halogenated alkanes) is 1. The van der Waals surface area contributed by atoms with Crippen LogP contribution < -0.4 is 29.6 Å². The summed E-state index contributed by atoms with van der Waals surface area (Å²) in [7, 11) is 4.71. The molecule has 12 heteroatoms. The molecule has 0 aliphatic heterocycles. The number of rotatable bonds is 15. The topological polar surface area (TPSA) is 126 Å². The fourth-order valence-electron chi connectivity index (χ4n) is 4.02. The first-order valence-corrected chi connectivity index (χ1v) is 14.7. The van der Waals surface area contributed by atoms with Crippen molar-refractivity contribution >= 4 is 29.3 Å². The monoisotopic (exact) mass is 605 g/mol. The lowest BCUT2D eigenvalue weighted by Gasteiger charge is -2.15. The molecule has 4 aromatic rings. The normalized spacial score (nSPS) is 10.6. The van der Waals surface area contributed by atoms with Gasteiger partial charge in [-0.05, 0) is 67.1 Å². The van der Waals surface area contributed by atoms with Gasteiger partial charge in [0.15, 0.2) is 11.0 Å². The average Bonchev–Trinajstić information content (AvgIpc) is 3.45. The summed E-state index contributed by atoms with van der Waals surface area (Å²) < 4.78 is 23.7. The highest BCUT2D eigenvalue weighted by Gasteiger charge is 2.20. The van der Waals surface area contributed by atoms with Crippen LogP contribution in [0.1, 0.15) is 35.9 Å². The highest BCUT2D eigenvalue weighted by Crippen LogP contribution is 2.32. The van der Waals surface area contributed by atoms with Crippen LogP contribution in [0.25, 0.3) is 5.69 Å². The fourth-order valence-corrected chi connectivity index (χ4v) is 4.79. The predicted octanol–water partition coefficient (Wildman–Crippen LogP) is 5.13. The quantitative estimate of drug-likeness (QED) is 0.140. The highest BCUT2D eigenvalue weighted by atomic mass is 32.2. The SMILES string of the molecule is CCCCOc1ccc(C(=O)NCc2nnc(SCC(=O)Nc3ccc(OC)cc3)n2-c2cc(OC)ccc2OC)cc1. The minimum absolute atomic E-state index is 0.0650. The molecule has 0 aliphatic rings. The Morgan fingerprint density at radius 2 is 1.56 bits per heavy atom. The summed E-state index contributed by atoms with van der Waals surface area (Å²) >= 11 is 1.20. The molecule has 1 heterocycles. The van der Waals surface area contributed by atoms with Crippen molar-refractivity contribution in [2.45, 2.75) is 31.5 Å². The van der Waals surface area contributed by atoms with Gasteiger partial charge in [0.25, 0.3) is 5.91 Å². The molecule has 0 unspecified atom stereocenters. The van der Waals surface area contributed by atoms with Gasteiger partial charge in [0.2, 0.25) is 5.91 Å². The summed E-state index contributed by atoms with van der Waals surface area (Å²) in [5.74, 6) is 2.55. The van der Waals surface area contributed by atoms with E-state index in [9.17, 15) is 9.59 Å². The van der Waals surface area contributed by atoms with Crippen LogP contribution in [0, 0.1) is 0 Å². The predicted molar refractivity (Wildman–Crippen MR) is 165 cm³/mol. The second kappa shape index (κ2) is 15.5. The first-order valence-electron chi connectivity index (χ1n) is 13.7. The Kier molecular flexibility index (Phi) is 11.3. The molecule has 3 aromatic carbocycles. The van der Waals surface area contributed by atoms with Crippen LogP contribution in [0.15, 0.2) is 71.9 Å². The molecule has 226 valence electrons. The zero-order valence-electron chi connectivity index (χ0n) is 24.6. The van der Waals surface area contributed by atoms with E-state index < -0.39 is 0 Å². The Balaban J connectivity index is 1.51. The maximum absolute atomic E-state index is 13.0. The summed E-state index contributed by atoms with van der Waals surface area (Å²) in [6.07, 6.45) is 2.01. The Morgan fingerprint density at radius 3 is 2.23 bits per heavy atom. The molecule has 43 heavy (non-hydrogen) atoms. The fraction of sp³-hybridized carbons (Fsp3) is 0.290. The van der Waals surface area contributed by atoms with Crippen LogP contribution in [0.2, 0.25) is 0 Å². The molecule has 2 N–H and O–H groups in total. The number of amides is 2. The first-order chi connectivity index (χ1) is 20.9. The number of thioether (sulfide) groups is 1. The molecule has 1 aromatic heterocycles. The number of ether oxygens (including phenoxy) is 4. The summed E-state index contributed by atoms with van der Waals surface area (Å²) in [5.41, 5.74) is 1.73. The summed E-state index contributed by atoms with van der Waals surface area (Å²) in [6, 6.07) is 19.4. The number of hydrogen-bond donors (Lipinski definition) is 2. The van der Waals surface area contributed by atoms with E-state index in [0.29, 0.717) is 57.5 Å². The molecule has 0 bridgehead atoms. The second-order valence-electron chi connectivity index (χ2n) is 9.25. The van der Waals surface area contributed by atoms with E-state index in [-0.39, 0.29) is 24.1 Å². The number of nitrogens with zero attached hydrogens (tertiary/aromatic N) is 3. The van der Waals surface area contributed by atoms with Crippen LogP contribution in [-0.2, 0) is 11.3 Å². The van der Waals surface area contributed by atoms with Gasteiger partial charge in [-0.2, -0.15) is 0 Å². The van der Waals surface area contributed by atoms with Crippen molar-refractivity contribution in [3.05, 3.63) is 78.1 Å². The number of hydrogen-bond acceptors (Lipinski definition) is 9. The number of nitrogens with one attached hydrogen (secondary N) is 2. The Morgan fingerprint density at radius 1 is 0.860 bits per heavy atom. The zero-order chi connectivity index (χ0) is 30.6. The third kappa shape index (κ3) is 8.41. The second-order valence-corrected chi connectivity index (χ2v) is 10.2. The minimum atomic E-state index is -0.277. The van der Waals surface area contributed by atoms with Crippen molar-refractivity contribution in [1.82, 2.24) is 20.1 Å². The lowest BCUT2D eigenvalue weighted by molar-refractivity contribution is -0.113. The molecule has 0 fully saturated rings. The standard InChI is InChI=1S/C31H35N5O6S/c1-5-6-17-42-24-11-7-21(8-12-24)30(38)32-19-28-34-35-31(36(28)26-18-25(40-3)15-16-27(26)41-4)43-20-29(37)33-22-9-13-23(39-2)14-10-22/h7-16,18H,5-6,17,19-20H2,1-4H3,(H,32,38)(H,33,37). The number of anilines is 1. The molecule has 2 amide bonds. The van der Waals surface area contributed by atoms with Gasteiger partial charge < -0.3 is 29.6 Å². The number of carbonyl (C=O) groups is 2. The van der Waals surface area contributed by atoms with E-state index in [1.54, 1.807) is 92.6 Å². The number of benzene rings is 3. The highest BCUT2D eigenvalue weighted by molar-refractivity contribution is 7.99. The van der Waals surface area contributed by atoms with E-state index in [2.05, 4.69) is 27.8 Å². The van der Waals surface area contributed by atoms with E-state index in [4.69, 9.17) is 18.9 Å². The van der Waals surface area contributed by atoms with Gasteiger partial charge in [0.1, 0.15) is 23.0 Å². The Labute approximate surface area is 254 Å². The maximum atomic E-state index is 13.0. The smallest absolute Gasteiger partial charge is 0.251 e. The Hall–Kier alpha value is -4.71. The van der Waals surface area contributed by atoms with Gasteiger partial charge in [0, 0.05) is 17.3 Å². The van der Waals surface area contributed by atoms with Gasteiger partial charge in [-0.3, -0.25) is 14.2 Å². The summed E-state index contributed by atoms with van der Waals surface area (Å²) in [4.78, 5) is 25.7. The maximum Gasteiger partial charge on any atom is 0.251 e. The van der Waals surface area contributed by atoms with Crippen LogP contribution in [0.3, 0.4) is 0 Å². The van der Waals surface area contributed by atoms with E-state index in [1.165, 1.54) is 11.8 Å². The third-order valence-corrected chi connectivity index (χ3v) is 7.25. The average molecular weight is 606 g/mol. The van der Waals surface area contributed by atoms with E-state index in [1.807, 2.05) is 0 Å². The van der Waals surface area contributed by atoms with Crippen LogP contribution >= 0.6 is 11.8 Å².